The Kier molecular flexibility index (Phi) is 6.44. The molecule has 4 heterocycles. The van der Waals surface area contributed by atoms with Crippen LogP contribution in [0.5, 0.6) is 0 Å². The number of ether oxygens (including phenoxy) is 1. The molecule has 4 aliphatic rings. The normalized spacial score (nSPS) is 29.6. The molecule has 4 atom stereocenters. The van der Waals surface area contributed by atoms with Crippen molar-refractivity contribution in [1.29, 1.82) is 0 Å². The van der Waals surface area contributed by atoms with Crippen molar-refractivity contribution in [2.75, 3.05) is 38.2 Å². The highest BCUT2D eigenvalue weighted by Gasteiger charge is 2.44. The van der Waals surface area contributed by atoms with E-state index in [1.54, 1.807) is 11.8 Å². The number of aromatic nitrogens is 2. The van der Waals surface area contributed by atoms with Gasteiger partial charge >= 0.3 is 0 Å². The Hall–Kier alpha value is -2.55. The second-order valence-electron chi connectivity index (χ2n) is 11.6. The molecule has 1 aromatic carbocycles. The van der Waals surface area contributed by atoms with Crippen LogP contribution >= 0.6 is 0 Å². The summed E-state index contributed by atoms with van der Waals surface area (Å²) in [6, 6.07) is 12.5. The molecule has 1 saturated carbocycles. The minimum atomic E-state index is -0.762. The van der Waals surface area contributed by atoms with Gasteiger partial charge in [-0.25, -0.2) is 0 Å². The number of amides is 1. The van der Waals surface area contributed by atoms with Crippen LogP contribution in [0.3, 0.4) is 0 Å². The Morgan fingerprint density at radius 3 is 2.61 bits per heavy atom. The summed E-state index contributed by atoms with van der Waals surface area (Å²) in [6.45, 7) is 5.49. The topological polar surface area (TPSA) is 99.6 Å². The van der Waals surface area contributed by atoms with Gasteiger partial charge in [-0.1, -0.05) is 12.1 Å². The summed E-state index contributed by atoms with van der Waals surface area (Å²) in [5.74, 6) is 3.09. The van der Waals surface area contributed by atoms with Crippen LogP contribution in [-0.4, -0.2) is 76.6 Å². The van der Waals surface area contributed by atoms with Gasteiger partial charge in [0.2, 0.25) is 0 Å². The largest absolute Gasteiger partial charge is 0.386 e. The number of carbonyl (C=O) groups excluding carboxylic acids is 1. The molecule has 3 aliphatic heterocycles. The van der Waals surface area contributed by atoms with Crippen LogP contribution in [0.25, 0.3) is 11.3 Å². The Bertz CT molecular complexity index is 1060. The molecule has 0 radical (unpaired) electrons. The molecule has 1 aliphatic carbocycles. The number of rotatable bonds is 6. The van der Waals surface area contributed by atoms with Crippen molar-refractivity contribution >= 4 is 11.7 Å². The average Bonchev–Trinajstić information content (AvgIpc) is 3.44. The number of benzene rings is 1. The number of aliphatic hydroxyl groups is 1. The zero-order valence-corrected chi connectivity index (χ0v) is 21.0. The number of carbonyl (C=O) groups is 1. The third-order valence-corrected chi connectivity index (χ3v) is 8.63. The lowest BCUT2D eigenvalue weighted by Gasteiger charge is -2.44. The summed E-state index contributed by atoms with van der Waals surface area (Å²) >= 11 is 0. The molecular weight excluding hydrogens is 454 g/mol. The summed E-state index contributed by atoms with van der Waals surface area (Å²) in [5.41, 5.74) is 1.58. The lowest BCUT2D eigenvalue weighted by atomic mass is 9.85. The maximum absolute atomic E-state index is 12.5. The number of likely N-dealkylation sites (tertiary alicyclic amines) is 1. The first kappa shape index (κ1) is 23.8. The minimum Gasteiger partial charge on any atom is -0.386 e. The van der Waals surface area contributed by atoms with Gasteiger partial charge in [0.05, 0.1) is 24.4 Å². The van der Waals surface area contributed by atoms with Gasteiger partial charge in [0.15, 0.2) is 0 Å². The van der Waals surface area contributed by atoms with Gasteiger partial charge in [-0.2, -0.15) is 0 Å². The van der Waals surface area contributed by atoms with E-state index in [1.807, 2.05) is 36.4 Å². The Balaban J connectivity index is 1.02. The fraction of sp³-hybridized carbons (Fsp3) is 0.607. The molecule has 0 spiro atoms. The Labute approximate surface area is 212 Å². The number of hydrogen-bond donors (Lipinski definition) is 3. The second-order valence-corrected chi connectivity index (χ2v) is 11.6. The summed E-state index contributed by atoms with van der Waals surface area (Å²) < 4.78 is 5.54. The molecule has 192 valence electrons. The van der Waals surface area contributed by atoms with Crippen molar-refractivity contribution in [3.63, 3.8) is 0 Å². The molecule has 4 fully saturated rings. The maximum atomic E-state index is 12.5. The first-order valence-corrected chi connectivity index (χ1v) is 13.5. The molecule has 2 aromatic rings. The zero-order valence-electron chi connectivity index (χ0n) is 21.0. The quantitative estimate of drug-likeness (QED) is 0.571. The van der Waals surface area contributed by atoms with Crippen LogP contribution in [0.15, 0.2) is 36.4 Å². The van der Waals surface area contributed by atoms with E-state index in [-0.39, 0.29) is 5.91 Å². The molecular formula is C28H37N5O3. The van der Waals surface area contributed by atoms with Crippen LogP contribution in [0.2, 0.25) is 0 Å². The summed E-state index contributed by atoms with van der Waals surface area (Å²) in [6.07, 6.45) is 6.08. The number of fused-ring (bicyclic) bond motifs is 1. The highest BCUT2D eigenvalue weighted by Crippen LogP contribution is 2.41. The van der Waals surface area contributed by atoms with Gasteiger partial charge in [0.1, 0.15) is 5.82 Å². The van der Waals surface area contributed by atoms with Gasteiger partial charge in [-0.05, 0) is 87.6 Å². The second kappa shape index (κ2) is 9.72. The molecule has 3 saturated heterocycles. The average molecular weight is 492 g/mol. The maximum Gasteiger partial charge on any atom is 0.254 e. The van der Waals surface area contributed by atoms with E-state index in [0.29, 0.717) is 30.7 Å². The fourth-order valence-electron chi connectivity index (χ4n) is 6.71. The summed E-state index contributed by atoms with van der Waals surface area (Å²) in [4.78, 5) is 14.2. The smallest absolute Gasteiger partial charge is 0.254 e. The Morgan fingerprint density at radius 2 is 1.92 bits per heavy atom. The van der Waals surface area contributed by atoms with E-state index in [0.717, 1.165) is 54.6 Å². The lowest BCUT2D eigenvalue weighted by Crippen LogP contribution is -2.61. The monoisotopic (exact) mass is 491 g/mol. The highest BCUT2D eigenvalue weighted by atomic mass is 16.5. The van der Waals surface area contributed by atoms with E-state index in [9.17, 15) is 9.90 Å². The fourth-order valence-corrected chi connectivity index (χ4v) is 6.71. The molecule has 0 unspecified atom stereocenters. The molecule has 0 bridgehead atoms. The molecule has 1 amide bonds. The van der Waals surface area contributed by atoms with E-state index < -0.39 is 5.60 Å². The van der Waals surface area contributed by atoms with Gasteiger partial charge in [-0.15, -0.1) is 10.2 Å². The van der Waals surface area contributed by atoms with Crippen molar-refractivity contribution in [1.82, 2.24) is 20.4 Å². The number of anilines is 1. The number of β-amino-alcohol motifs (C(OH)–C–C–N with tert-alkyl or cyclic N) is 1. The molecule has 36 heavy (non-hydrogen) atoms. The van der Waals surface area contributed by atoms with Gasteiger partial charge < -0.3 is 25.4 Å². The van der Waals surface area contributed by atoms with Crippen LogP contribution in [0.4, 0.5) is 5.82 Å². The van der Waals surface area contributed by atoms with E-state index >= 15 is 0 Å². The van der Waals surface area contributed by atoms with Crippen molar-refractivity contribution in [3.8, 4) is 11.3 Å². The van der Waals surface area contributed by atoms with Crippen molar-refractivity contribution in [3.05, 3.63) is 42.0 Å². The predicted molar refractivity (Wildman–Crippen MR) is 138 cm³/mol. The molecule has 3 N–H and O–H groups in total. The summed E-state index contributed by atoms with van der Waals surface area (Å²) in [5, 5.41) is 26.2. The van der Waals surface area contributed by atoms with Crippen LogP contribution in [0, 0.1) is 17.8 Å². The van der Waals surface area contributed by atoms with E-state index in [4.69, 9.17) is 4.74 Å². The predicted octanol–water partition coefficient (Wildman–Crippen LogP) is 2.95. The van der Waals surface area contributed by atoms with Gasteiger partial charge in [-0.3, -0.25) is 4.79 Å². The van der Waals surface area contributed by atoms with Crippen LogP contribution in [0.1, 0.15) is 49.4 Å². The number of nitrogens with one attached hydrogen (secondary N) is 2. The SMILES string of the molecule is CC1(O)CN(C(=O)c2ccc(-c3ccc(N[C@H]4C[C@@H]5CN[C@@H](CC6CCOCC6)[C@H]5C4)nn3)cc2)C1. The first-order chi connectivity index (χ1) is 17.4. The highest BCUT2D eigenvalue weighted by molar-refractivity contribution is 5.95. The molecule has 1 aromatic heterocycles. The molecule has 8 nitrogen and oxygen atoms in total. The zero-order chi connectivity index (χ0) is 24.7. The third-order valence-electron chi connectivity index (χ3n) is 8.63. The molecule has 8 heteroatoms. The first-order valence-electron chi connectivity index (χ1n) is 13.5. The number of nitrogens with zero attached hydrogens (tertiary/aromatic N) is 3. The van der Waals surface area contributed by atoms with Gasteiger partial charge in [0.25, 0.3) is 5.91 Å². The van der Waals surface area contributed by atoms with E-state index in [2.05, 4.69) is 20.8 Å². The van der Waals surface area contributed by atoms with E-state index in [1.165, 1.54) is 32.1 Å². The Morgan fingerprint density at radius 1 is 1.14 bits per heavy atom. The van der Waals surface area contributed by atoms with Crippen molar-refractivity contribution in [2.45, 2.75) is 56.7 Å². The van der Waals surface area contributed by atoms with Crippen LogP contribution < -0.4 is 10.6 Å². The van der Waals surface area contributed by atoms with Gasteiger partial charge in [0, 0.05) is 36.4 Å². The number of hydrogen-bond acceptors (Lipinski definition) is 7. The summed E-state index contributed by atoms with van der Waals surface area (Å²) in [7, 11) is 0. The molecule has 6 rings (SSSR count). The minimum absolute atomic E-state index is 0.0507. The van der Waals surface area contributed by atoms with Crippen molar-refractivity contribution in [2.24, 2.45) is 17.8 Å². The van der Waals surface area contributed by atoms with Crippen LogP contribution in [-0.2, 0) is 4.74 Å². The third kappa shape index (κ3) is 4.99. The lowest BCUT2D eigenvalue weighted by molar-refractivity contribution is -0.0668. The van der Waals surface area contributed by atoms with Crippen molar-refractivity contribution < 1.29 is 14.6 Å². The standard InChI is InChI=1S/C28H37N5O3/c1-28(35)16-33(17-28)27(34)20-4-2-19(3-5-20)24-6-7-26(32-31-24)30-22-13-21-15-29-25(23(21)14-22)12-18-8-10-36-11-9-18/h2-7,18,21-23,25,29,35H,8-17H2,1H3,(H,30,32)/t21-,22+,23+,25+/m1/s1.